The third-order valence-electron chi connectivity index (χ3n) is 5.76. The van der Waals surface area contributed by atoms with Crippen molar-refractivity contribution in [1.29, 1.82) is 0 Å². The van der Waals surface area contributed by atoms with Gasteiger partial charge in [0.2, 0.25) is 11.8 Å². The Hall–Kier alpha value is -2.48. The van der Waals surface area contributed by atoms with Gasteiger partial charge in [0.1, 0.15) is 6.04 Å². The van der Waals surface area contributed by atoms with E-state index in [-0.39, 0.29) is 17.7 Å². The zero-order valence-electron chi connectivity index (χ0n) is 18.8. The van der Waals surface area contributed by atoms with Gasteiger partial charge in [-0.25, -0.2) is 9.87 Å². The summed E-state index contributed by atoms with van der Waals surface area (Å²) in [4.78, 5) is 38.9. The van der Waals surface area contributed by atoms with Crippen LogP contribution in [0.4, 0.5) is 10.1 Å². The first kappa shape index (κ1) is 24.8. The summed E-state index contributed by atoms with van der Waals surface area (Å²) in [6.07, 6.45) is 0.380. The number of unbranched alkanes of at least 4 members (excludes halogenated alkanes) is 1. The number of anilines is 1. The molecule has 172 valence electrons. The molecule has 2 unspecified atom stereocenters. The normalized spacial score (nSPS) is 18.4. The molecule has 0 aliphatic carbocycles. The van der Waals surface area contributed by atoms with Crippen molar-refractivity contribution in [2.24, 2.45) is 5.92 Å². The molecule has 0 aromatic heterocycles. The number of halogens is 1. The molecule has 0 spiro atoms. The van der Waals surface area contributed by atoms with Crippen LogP contribution in [0.5, 0.6) is 0 Å². The molecule has 8 heteroatoms. The number of benzene rings is 1. The van der Waals surface area contributed by atoms with Crippen molar-refractivity contribution >= 4 is 23.4 Å². The molecular weight excluding hydrogens is 401 g/mol. The maximum absolute atomic E-state index is 14.6. The molecule has 3 amide bonds. The van der Waals surface area contributed by atoms with Crippen LogP contribution in [0.25, 0.3) is 0 Å². The second-order valence-corrected chi connectivity index (χ2v) is 9.13. The lowest BCUT2D eigenvalue weighted by Crippen LogP contribution is -2.49. The fourth-order valence-corrected chi connectivity index (χ4v) is 3.86. The van der Waals surface area contributed by atoms with Crippen molar-refractivity contribution < 1.29 is 24.0 Å². The molecule has 1 aliphatic rings. The number of hydroxylamine groups is 1. The second kappa shape index (κ2) is 10.7. The highest BCUT2D eigenvalue weighted by atomic mass is 19.1. The van der Waals surface area contributed by atoms with Crippen LogP contribution in [-0.4, -0.2) is 46.6 Å². The Kier molecular flexibility index (Phi) is 8.56. The number of carbonyl (C=O) groups is 3. The zero-order chi connectivity index (χ0) is 23.2. The SMILES string of the molecule is CCCCC(C(=O)N1CCC[C@H]1C(=O)Nc1ccc(C(C)(C)C)cc1)C(F)C(=O)NO. The Labute approximate surface area is 183 Å². The topological polar surface area (TPSA) is 98.7 Å². The quantitative estimate of drug-likeness (QED) is 0.429. The summed E-state index contributed by atoms with van der Waals surface area (Å²) in [7, 11) is 0. The van der Waals surface area contributed by atoms with Gasteiger partial charge in [0.15, 0.2) is 6.17 Å². The van der Waals surface area contributed by atoms with Crippen molar-refractivity contribution in [3.05, 3.63) is 29.8 Å². The number of likely N-dealkylation sites (tertiary alicyclic amines) is 1. The Morgan fingerprint density at radius 1 is 1.23 bits per heavy atom. The van der Waals surface area contributed by atoms with Crippen LogP contribution in [0.15, 0.2) is 24.3 Å². The number of carbonyl (C=O) groups excluding carboxylic acids is 3. The summed E-state index contributed by atoms with van der Waals surface area (Å²) in [6.45, 7) is 8.54. The van der Waals surface area contributed by atoms with E-state index < -0.39 is 29.9 Å². The average molecular weight is 436 g/mol. The lowest BCUT2D eigenvalue weighted by Gasteiger charge is -2.29. The van der Waals surface area contributed by atoms with Crippen LogP contribution in [0.3, 0.4) is 0 Å². The molecule has 2 rings (SSSR count). The Morgan fingerprint density at radius 2 is 1.87 bits per heavy atom. The lowest BCUT2D eigenvalue weighted by molar-refractivity contribution is -0.148. The standard InChI is InChI=1S/C23H34FN3O4/c1-5-6-8-17(19(24)21(29)26-31)22(30)27-14-7-9-18(27)20(28)25-16-12-10-15(11-13-16)23(2,3)4/h10-13,17-19,31H,5-9,14H2,1-4H3,(H,25,28)(H,26,29)/t17?,18-,19?/m0/s1. The second-order valence-electron chi connectivity index (χ2n) is 9.13. The van der Waals surface area contributed by atoms with Gasteiger partial charge >= 0.3 is 0 Å². The van der Waals surface area contributed by atoms with Gasteiger partial charge in [-0.3, -0.25) is 19.6 Å². The molecule has 1 aromatic carbocycles. The molecule has 1 aromatic rings. The van der Waals surface area contributed by atoms with Crippen LogP contribution in [0, 0.1) is 5.92 Å². The first-order chi connectivity index (χ1) is 14.6. The van der Waals surface area contributed by atoms with E-state index in [1.807, 2.05) is 31.2 Å². The monoisotopic (exact) mass is 435 g/mol. The summed E-state index contributed by atoms with van der Waals surface area (Å²) >= 11 is 0. The van der Waals surface area contributed by atoms with E-state index in [2.05, 4.69) is 26.1 Å². The molecule has 31 heavy (non-hydrogen) atoms. The van der Waals surface area contributed by atoms with Gasteiger partial charge < -0.3 is 10.2 Å². The number of nitrogens with zero attached hydrogens (tertiary/aromatic N) is 1. The van der Waals surface area contributed by atoms with E-state index in [0.29, 0.717) is 31.5 Å². The summed E-state index contributed by atoms with van der Waals surface area (Å²) in [5.41, 5.74) is 3.04. The molecule has 3 N–H and O–H groups in total. The van der Waals surface area contributed by atoms with Crippen LogP contribution in [0.1, 0.15) is 65.4 Å². The first-order valence-corrected chi connectivity index (χ1v) is 10.9. The predicted molar refractivity (Wildman–Crippen MR) is 116 cm³/mol. The van der Waals surface area contributed by atoms with Gasteiger partial charge in [-0.2, -0.15) is 0 Å². The van der Waals surface area contributed by atoms with Gasteiger partial charge in [-0.05, 0) is 42.4 Å². The highest BCUT2D eigenvalue weighted by Crippen LogP contribution is 2.27. The summed E-state index contributed by atoms with van der Waals surface area (Å²) in [5.74, 6) is -3.36. The van der Waals surface area contributed by atoms with Crippen molar-refractivity contribution in [2.75, 3.05) is 11.9 Å². The van der Waals surface area contributed by atoms with Gasteiger partial charge in [0.05, 0.1) is 5.92 Å². The highest BCUT2D eigenvalue weighted by molar-refractivity contribution is 5.98. The number of amides is 3. The van der Waals surface area contributed by atoms with Crippen molar-refractivity contribution in [3.63, 3.8) is 0 Å². The van der Waals surface area contributed by atoms with Crippen LogP contribution in [-0.2, 0) is 19.8 Å². The van der Waals surface area contributed by atoms with E-state index in [1.54, 1.807) is 0 Å². The van der Waals surface area contributed by atoms with Crippen molar-refractivity contribution in [3.8, 4) is 0 Å². The minimum Gasteiger partial charge on any atom is -0.330 e. The molecule has 0 bridgehead atoms. The molecule has 1 fully saturated rings. The molecule has 1 heterocycles. The molecule has 0 saturated carbocycles. The summed E-state index contributed by atoms with van der Waals surface area (Å²) in [5, 5.41) is 11.6. The van der Waals surface area contributed by atoms with Gasteiger partial charge in [-0.15, -0.1) is 0 Å². The minimum atomic E-state index is -2.17. The summed E-state index contributed by atoms with van der Waals surface area (Å²) < 4.78 is 14.6. The van der Waals surface area contributed by atoms with Crippen molar-refractivity contribution in [2.45, 2.75) is 77.4 Å². The smallest absolute Gasteiger partial charge is 0.278 e. The fraction of sp³-hybridized carbons (Fsp3) is 0.609. The molecular formula is C23H34FN3O4. The maximum Gasteiger partial charge on any atom is 0.278 e. The van der Waals surface area contributed by atoms with Crippen LogP contribution in [0.2, 0.25) is 0 Å². The largest absolute Gasteiger partial charge is 0.330 e. The van der Waals surface area contributed by atoms with Gasteiger partial charge in [0, 0.05) is 12.2 Å². The molecule has 3 atom stereocenters. The molecule has 7 nitrogen and oxygen atoms in total. The average Bonchev–Trinajstić information content (AvgIpc) is 3.23. The zero-order valence-corrected chi connectivity index (χ0v) is 18.8. The maximum atomic E-state index is 14.6. The lowest BCUT2D eigenvalue weighted by atomic mass is 9.87. The first-order valence-electron chi connectivity index (χ1n) is 10.9. The third kappa shape index (κ3) is 6.26. The highest BCUT2D eigenvalue weighted by Gasteiger charge is 2.41. The van der Waals surface area contributed by atoms with Crippen LogP contribution >= 0.6 is 0 Å². The van der Waals surface area contributed by atoms with Gasteiger partial charge in [-0.1, -0.05) is 52.7 Å². The number of alkyl halides is 1. The van der Waals surface area contributed by atoms with E-state index >= 15 is 0 Å². The predicted octanol–water partition coefficient (Wildman–Crippen LogP) is 3.56. The summed E-state index contributed by atoms with van der Waals surface area (Å²) in [6, 6.07) is 6.84. The Balaban J connectivity index is 2.13. The van der Waals surface area contributed by atoms with E-state index in [1.165, 1.54) is 10.4 Å². The van der Waals surface area contributed by atoms with E-state index in [4.69, 9.17) is 5.21 Å². The molecule has 0 radical (unpaired) electrons. The third-order valence-corrected chi connectivity index (χ3v) is 5.76. The minimum absolute atomic E-state index is 0.00548. The number of hydrogen-bond donors (Lipinski definition) is 3. The molecule has 1 saturated heterocycles. The van der Waals surface area contributed by atoms with Crippen LogP contribution < -0.4 is 10.8 Å². The Bertz CT molecular complexity index is 776. The number of rotatable bonds is 8. The van der Waals surface area contributed by atoms with Crippen molar-refractivity contribution in [1.82, 2.24) is 10.4 Å². The number of hydrogen-bond acceptors (Lipinski definition) is 4. The Morgan fingerprint density at radius 3 is 2.42 bits per heavy atom. The van der Waals surface area contributed by atoms with Gasteiger partial charge in [0.25, 0.3) is 5.91 Å². The molecule has 1 aliphatic heterocycles. The number of nitrogens with one attached hydrogen (secondary N) is 2. The van der Waals surface area contributed by atoms with E-state index in [9.17, 15) is 18.8 Å². The van der Waals surface area contributed by atoms with E-state index in [0.717, 1.165) is 12.0 Å². The fourth-order valence-electron chi connectivity index (χ4n) is 3.86.